The first-order valence-electron chi connectivity index (χ1n) is 5.14. The minimum absolute atomic E-state index is 0.537. The number of halogens is 1. The van der Waals surface area contributed by atoms with E-state index < -0.39 is 0 Å². The molecule has 2 rings (SSSR count). The molecule has 1 N–H and O–H groups in total. The second-order valence-electron chi connectivity index (χ2n) is 3.96. The number of rotatable bonds is 3. The quantitative estimate of drug-likeness (QED) is 0.894. The topological polar surface area (TPSA) is 24.9 Å². The van der Waals surface area contributed by atoms with Crippen LogP contribution in [0.4, 0.5) is 5.82 Å². The molecule has 0 spiro atoms. The maximum atomic E-state index is 4.30. The normalized spacial score (nSPS) is 18.7. The molecule has 1 atom stereocenters. The standard InChI is InChI=1S/C11H15BrN2/c1-8(9-4-2-5-9)14-11-10(12)6-3-7-13-11/h3,6-9H,2,4-5H2,1H3,(H,13,14). The predicted molar refractivity (Wildman–Crippen MR) is 62.4 cm³/mol. The van der Waals surface area contributed by atoms with Crippen molar-refractivity contribution in [2.45, 2.75) is 32.2 Å². The zero-order valence-corrected chi connectivity index (χ0v) is 9.92. The monoisotopic (exact) mass is 254 g/mol. The molecule has 0 aromatic carbocycles. The molecule has 1 heterocycles. The number of aromatic nitrogens is 1. The van der Waals surface area contributed by atoms with Crippen LogP contribution in [0.5, 0.6) is 0 Å². The van der Waals surface area contributed by atoms with E-state index in [4.69, 9.17) is 0 Å². The molecule has 1 aliphatic carbocycles. The SMILES string of the molecule is CC(Nc1ncccc1Br)C1CCC1. The molecule has 76 valence electrons. The summed E-state index contributed by atoms with van der Waals surface area (Å²) < 4.78 is 1.05. The van der Waals surface area contributed by atoms with Crippen LogP contribution < -0.4 is 5.32 Å². The van der Waals surface area contributed by atoms with Gasteiger partial charge in [-0.25, -0.2) is 4.98 Å². The van der Waals surface area contributed by atoms with Gasteiger partial charge in [0.1, 0.15) is 5.82 Å². The Morgan fingerprint density at radius 2 is 2.36 bits per heavy atom. The van der Waals surface area contributed by atoms with Crippen molar-refractivity contribution >= 4 is 21.7 Å². The molecule has 3 heteroatoms. The largest absolute Gasteiger partial charge is 0.366 e. The van der Waals surface area contributed by atoms with Crippen LogP contribution in [0, 0.1) is 5.92 Å². The van der Waals surface area contributed by atoms with Crippen molar-refractivity contribution in [2.75, 3.05) is 5.32 Å². The van der Waals surface area contributed by atoms with E-state index in [0.29, 0.717) is 6.04 Å². The lowest BCUT2D eigenvalue weighted by Gasteiger charge is -2.32. The van der Waals surface area contributed by atoms with Gasteiger partial charge in [0, 0.05) is 12.2 Å². The second kappa shape index (κ2) is 4.30. The molecule has 0 amide bonds. The zero-order chi connectivity index (χ0) is 9.97. The Balaban J connectivity index is 1.99. The fraction of sp³-hybridized carbons (Fsp3) is 0.545. The molecule has 1 fully saturated rings. The third kappa shape index (κ3) is 2.08. The van der Waals surface area contributed by atoms with Gasteiger partial charge in [-0.3, -0.25) is 0 Å². The summed E-state index contributed by atoms with van der Waals surface area (Å²) in [6.07, 6.45) is 5.93. The lowest BCUT2D eigenvalue weighted by Crippen LogP contribution is -2.31. The molecule has 0 radical (unpaired) electrons. The van der Waals surface area contributed by atoms with Gasteiger partial charge in [0.15, 0.2) is 0 Å². The molecule has 0 aliphatic heterocycles. The molecule has 14 heavy (non-hydrogen) atoms. The minimum Gasteiger partial charge on any atom is -0.366 e. The van der Waals surface area contributed by atoms with Crippen molar-refractivity contribution in [1.29, 1.82) is 0 Å². The van der Waals surface area contributed by atoms with E-state index in [-0.39, 0.29) is 0 Å². The van der Waals surface area contributed by atoms with Gasteiger partial charge < -0.3 is 5.32 Å². The van der Waals surface area contributed by atoms with Crippen LogP contribution in [0.1, 0.15) is 26.2 Å². The van der Waals surface area contributed by atoms with Crippen molar-refractivity contribution in [3.05, 3.63) is 22.8 Å². The summed E-state index contributed by atoms with van der Waals surface area (Å²) in [6.45, 7) is 2.24. The van der Waals surface area contributed by atoms with Gasteiger partial charge in [0.2, 0.25) is 0 Å². The van der Waals surface area contributed by atoms with Gasteiger partial charge >= 0.3 is 0 Å². The van der Waals surface area contributed by atoms with E-state index in [9.17, 15) is 0 Å². The summed E-state index contributed by atoms with van der Waals surface area (Å²) in [6, 6.07) is 4.49. The third-order valence-electron chi connectivity index (χ3n) is 2.98. The highest BCUT2D eigenvalue weighted by atomic mass is 79.9. The van der Waals surface area contributed by atoms with Crippen molar-refractivity contribution in [2.24, 2.45) is 5.92 Å². The number of nitrogens with one attached hydrogen (secondary N) is 1. The lowest BCUT2D eigenvalue weighted by molar-refractivity contribution is 0.285. The maximum Gasteiger partial charge on any atom is 0.140 e. The highest BCUT2D eigenvalue weighted by Gasteiger charge is 2.24. The molecule has 1 aliphatic rings. The molecular weight excluding hydrogens is 240 g/mol. The lowest BCUT2D eigenvalue weighted by atomic mass is 9.80. The first-order valence-corrected chi connectivity index (χ1v) is 5.93. The molecule has 1 unspecified atom stereocenters. The minimum atomic E-state index is 0.537. The van der Waals surface area contributed by atoms with Crippen LogP contribution in [-0.2, 0) is 0 Å². The van der Waals surface area contributed by atoms with Gasteiger partial charge in [-0.2, -0.15) is 0 Å². The molecule has 2 nitrogen and oxygen atoms in total. The van der Waals surface area contributed by atoms with Crippen molar-refractivity contribution in [3.63, 3.8) is 0 Å². The van der Waals surface area contributed by atoms with Crippen molar-refractivity contribution in [1.82, 2.24) is 4.98 Å². The number of anilines is 1. The summed E-state index contributed by atoms with van der Waals surface area (Å²) >= 11 is 3.49. The number of hydrogen-bond donors (Lipinski definition) is 1. The van der Waals surface area contributed by atoms with Crippen LogP contribution in [0.2, 0.25) is 0 Å². The molecular formula is C11H15BrN2. The van der Waals surface area contributed by atoms with Crippen LogP contribution in [0.25, 0.3) is 0 Å². The van der Waals surface area contributed by atoms with Crippen LogP contribution in [-0.4, -0.2) is 11.0 Å². The van der Waals surface area contributed by atoms with E-state index in [2.05, 4.69) is 33.2 Å². The average molecular weight is 255 g/mol. The Hall–Kier alpha value is -0.570. The smallest absolute Gasteiger partial charge is 0.140 e. The van der Waals surface area contributed by atoms with E-state index >= 15 is 0 Å². The van der Waals surface area contributed by atoms with E-state index in [1.165, 1.54) is 19.3 Å². The Labute approximate surface area is 93.3 Å². The summed E-state index contributed by atoms with van der Waals surface area (Å²) in [5.74, 6) is 1.80. The number of nitrogens with zero attached hydrogens (tertiary/aromatic N) is 1. The van der Waals surface area contributed by atoms with Gasteiger partial charge in [0.25, 0.3) is 0 Å². The van der Waals surface area contributed by atoms with E-state index in [0.717, 1.165) is 16.2 Å². The highest BCUT2D eigenvalue weighted by Crippen LogP contribution is 2.31. The Kier molecular flexibility index (Phi) is 3.06. The summed E-state index contributed by atoms with van der Waals surface area (Å²) in [5.41, 5.74) is 0. The Bertz CT molecular complexity index is 310. The maximum absolute atomic E-state index is 4.30. The highest BCUT2D eigenvalue weighted by molar-refractivity contribution is 9.10. The molecule has 0 saturated heterocycles. The van der Waals surface area contributed by atoms with Gasteiger partial charge in [-0.15, -0.1) is 0 Å². The molecule has 1 aromatic rings. The summed E-state index contributed by atoms with van der Waals surface area (Å²) in [7, 11) is 0. The van der Waals surface area contributed by atoms with Crippen molar-refractivity contribution in [3.8, 4) is 0 Å². The second-order valence-corrected chi connectivity index (χ2v) is 4.81. The molecule has 0 bridgehead atoms. The van der Waals surface area contributed by atoms with Crippen LogP contribution >= 0.6 is 15.9 Å². The summed E-state index contributed by atoms with van der Waals surface area (Å²) in [4.78, 5) is 4.30. The number of pyridine rings is 1. The van der Waals surface area contributed by atoms with E-state index in [1.54, 1.807) is 0 Å². The first-order chi connectivity index (χ1) is 6.77. The molecule has 1 saturated carbocycles. The van der Waals surface area contributed by atoms with Crippen LogP contribution in [0.3, 0.4) is 0 Å². The number of hydrogen-bond acceptors (Lipinski definition) is 2. The van der Waals surface area contributed by atoms with Gasteiger partial charge in [-0.05, 0) is 53.7 Å². The fourth-order valence-corrected chi connectivity index (χ4v) is 2.13. The third-order valence-corrected chi connectivity index (χ3v) is 3.62. The fourth-order valence-electron chi connectivity index (χ4n) is 1.77. The van der Waals surface area contributed by atoms with E-state index in [1.807, 2.05) is 18.3 Å². The van der Waals surface area contributed by atoms with Crippen molar-refractivity contribution < 1.29 is 0 Å². The average Bonchev–Trinajstić information content (AvgIpc) is 2.05. The Morgan fingerprint density at radius 3 is 2.93 bits per heavy atom. The zero-order valence-electron chi connectivity index (χ0n) is 8.33. The van der Waals surface area contributed by atoms with Crippen LogP contribution in [0.15, 0.2) is 22.8 Å². The Morgan fingerprint density at radius 1 is 1.57 bits per heavy atom. The first kappa shape index (κ1) is 9.97. The van der Waals surface area contributed by atoms with Gasteiger partial charge in [0.05, 0.1) is 4.47 Å². The molecule has 1 aromatic heterocycles. The van der Waals surface area contributed by atoms with Gasteiger partial charge in [-0.1, -0.05) is 6.42 Å². The summed E-state index contributed by atoms with van der Waals surface area (Å²) in [5, 5.41) is 3.45. The predicted octanol–water partition coefficient (Wildman–Crippen LogP) is 3.44.